The monoisotopic (exact) mass is 232 g/mol. The molecule has 0 radical (unpaired) electrons. The Morgan fingerprint density at radius 3 is 2.65 bits per heavy atom. The van der Waals surface area contributed by atoms with Crippen molar-refractivity contribution in [2.75, 3.05) is 19.8 Å². The molecule has 0 amide bonds. The van der Waals surface area contributed by atoms with Crippen molar-refractivity contribution in [3.8, 4) is 11.8 Å². The smallest absolute Gasteiger partial charge is 0.107 e. The van der Waals surface area contributed by atoms with Gasteiger partial charge in [-0.1, -0.05) is 36.3 Å². The van der Waals surface area contributed by atoms with E-state index in [9.17, 15) is 0 Å². The van der Waals surface area contributed by atoms with Crippen molar-refractivity contribution in [1.82, 2.24) is 0 Å². The van der Waals surface area contributed by atoms with E-state index in [4.69, 9.17) is 9.47 Å². The van der Waals surface area contributed by atoms with Crippen molar-refractivity contribution < 1.29 is 9.47 Å². The largest absolute Gasteiger partial charge is 0.377 e. The summed E-state index contributed by atoms with van der Waals surface area (Å²) in [5.74, 6) is 6.03. The lowest BCUT2D eigenvalue weighted by Gasteiger charge is -2.02. The Hall–Kier alpha value is -1.30. The average molecular weight is 232 g/mol. The number of unbranched alkanes of at least 4 members (excludes halogenated alkanes) is 1. The number of hydrogen-bond acceptors (Lipinski definition) is 2. The highest BCUT2D eigenvalue weighted by molar-refractivity contribution is 5.13. The molecule has 0 spiro atoms. The molecule has 0 fully saturated rings. The quantitative estimate of drug-likeness (QED) is 0.531. The Bertz CT molecular complexity index is 335. The van der Waals surface area contributed by atoms with Crippen LogP contribution in [0.3, 0.4) is 0 Å². The van der Waals surface area contributed by atoms with Crippen LogP contribution < -0.4 is 0 Å². The lowest BCUT2D eigenvalue weighted by molar-refractivity contribution is 0.119. The fraction of sp³-hybridized carbons (Fsp3) is 0.467. The van der Waals surface area contributed by atoms with Gasteiger partial charge in [-0.2, -0.15) is 0 Å². The average Bonchev–Trinajstić information content (AvgIpc) is 2.38. The van der Waals surface area contributed by atoms with E-state index in [1.54, 1.807) is 0 Å². The van der Waals surface area contributed by atoms with Crippen LogP contribution >= 0.6 is 0 Å². The second-order valence-electron chi connectivity index (χ2n) is 3.63. The zero-order valence-corrected chi connectivity index (χ0v) is 10.4. The normalized spacial score (nSPS) is 9.71. The Kier molecular flexibility index (Phi) is 8.01. The minimum absolute atomic E-state index is 0.543. The number of rotatable bonds is 7. The van der Waals surface area contributed by atoms with Gasteiger partial charge in [0, 0.05) is 19.6 Å². The standard InChI is InChI=1S/C15H20O2/c1-2-16-12-8-3-4-9-13-17-14-15-10-6-5-7-11-15/h5-7,10-11H,2,4,9,12-14H2,1H3. The van der Waals surface area contributed by atoms with E-state index in [1.807, 2.05) is 25.1 Å². The third kappa shape index (κ3) is 7.57. The van der Waals surface area contributed by atoms with Crippen molar-refractivity contribution in [2.45, 2.75) is 26.4 Å². The fourth-order valence-corrected chi connectivity index (χ4v) is 1.32. The van der Waals surface area contributed by atoms with Gasteiger partial charge in [-0.15, -0.1) is 5.92 Å². The Morgan fingerprint density at radius 1 is 1.06 bits per heavy atom. The van der Waals surface area contributed by atoms with Crippen LogP contribution in [0.4, 0.5) is 0 Å². The first-order valence-electron chi connectivity index (χ1n) is 6.08. The summed E-state index contributed by atoms with van der Waals surface area (Å²) in [6.07, 6.45) is 1.85. The molecule has 0 aliphatic carbocycles. The van der Waals surface area contributed by atoms with Crippen molar-refractivity contribution >= 4 is 0 Å². The summed E-state index contributed by atoms with van der Waals surface area (Å²) in [7, 11) is 0. The summed E-state index contributed by atoms with van der Waals surface area (Å²) in [5.41, 5.74) is 1.22. The minimum Gasteiger partial charge on any atom is -0.377 e. The third-order valence-corrected chi connectivity index (χ3v) is 2.21. The molecule has 1 aromatic carbocycles. The van der Waals surface area contributed by atoms with Crippen molar-refractivity contribution in [2.24, 2.45) is 0 Å². The summed E-state index contributed by atoms with van der Waals surface area (Å²) in [4.78, 5) is 0. The maximum atomic E-state index is 5.55. The molecule has 0 aromatic heterocycles. The predicted molar refractivity (Wildman–Crippen MR) is 69.6 cm³/mol. The van der Waals surface area contributed by atoms with E-state index >= 15 is 0 Å². The van der Waals surface area contributed by atoms with E-state index in [0.29, 0.717) is 13.2 Å². The zero-order chi connectivity index (χ0) is 12.2. The predicted octanol–water partition coefficient (Wildman–Crippen LogP) is 3.02. The SMILES string of the molecule is CCOCC#CCCCOCc1ccccc1. The fourth-order valence-electron chi connectivity index (χ4n) is 1.32. The summed E-state index contributed by atoms with van der Waals surface area (Å²) >= 11 is 0. The molecule has 0 aliphatic heterocycles. The number of benzene rings is 1. The van der Waals surface area contributed by atoms with E-state index in [-0.39, 0.29) is 0 Å². The van der Waals surface area contributed by atoms with Crippen LogP contribution in [0.1, 0.15) is 25.3 Å². The van der Waals surface area contributed by atoms with Gasteiger partial charge in [-0.3, -0.25) is 0 Å². The van der Waals surface area contributed by atoms with E-state index in [0.717, 1.165) is 26.1 Å². The lowest BCUT2D eigenvalue weighted by atomic mass is 10.2. The maximum absolute atomic E-state index is 5.55. The molecule has 0 aliphatic rings. The summed E-state index contributed by atoms with van der Waals surface area (Å²) in [6, 6.07) is 10.2. The molecule has 0 unspecified atom stereocenters. The van der Waals surface area contributed by atoms with Gasteiger partial charge >= 0.3 is 0 Å². The van der Waals surface area contributed by atoms with E-state index in [1.165, 1.54) is 5.56 Å². The third-order valence-electron chi connectivity index (χ3n) is 2.21. The van der Waals surface area contributed by atoms with E-state index < -0.39 is 0 Å². The Labute approximate surface area is 104 Å². The highest BCUT2D eigenvalue weighted by atomic mass is 16.5. The van der Waals surface area contributed by atoms with Gasteiger partial charge in [0.1, 0.15) is 6.61 Å². The van der Waals surface area contributed by atoms with Crippen molar-refractivity contribution in [1.29, 1.82) is 0 Å². The van der Waals surface area contributed by atoms with Crippen molar-refractivity contribution in [3.63, 3.8) is 0 Å². The molecule has 2 nitrogen and oxygen atoms in total. The van der Waals surface area contributed by atoms with Gasteiger partial charge in [-0.05, 0) is 18.9 Å². The van der Waals surface area contributed by atoms with Gasteiger partial charge in [0.05, 0.1) is 6.61 Å². The van der Waals surface area contributed by atoms with Gasteiger partial charge in [0.25, 0.3) is 0 Å². The van der Waals surface area contributed by atoms with Crippen LogP contribution in [0.25, 0.3) is 0 Å². The molecule has 0 atom stereocenters. The lowest BCUT2D eigenvalue weighted by Crippen LogP contribution is -1.95. The van der Waals surface area contributed by atoms with Gasteiger partial charge in [0.15, 0.2) is 0 Å². The molecule has 1 aromatic rings. The highest BCUT2D eigenvalue weighted by Gasteiger charge is 1.90. The molecular weight excluding hydrogens is 212 g/mol. The van der Waals surface area contributed by atoms with Crippen molar-refractivity contribution in [3.05, 3.63) is 35.9 Å². The molecule has 0 N–H and O–H groups in total. The van der Waals surface area contributed by atoms with Crippen LogP contribution in [-0.2, 0) is 16.1 Å². The Balaban J connectivity index is 1.96. The van der Waals surface area contributed by atoms with Gasteiger partial charge in [-0.25, -0.2) is 0 Å². The molecule has 0 bridgehead atoms. The summed E-state index contributed by atoms with van der Waals surface area (Å²) in [5, 5.41) is 0. The van der Waals surface area contributed by atoms with Crippen LogP contribution in [-0.4, -0.2) is 19.8 Å². The van der Waals surface area contributed by atoms with E-state index in [2.05, 4.69) is 24.0 Å². The number of hydrogen-bond donors (Lipinski definition) is 0. The second kappa shape index (κ2) is 9.89. The highest BCUT2D eigenvalue weighted by Crippen LogP contribution is 2.01. The second-order valence-corrected chi connectivity index (χ2v) is 3.63. The van der Waals surface area contributed by atoms with Crippen LogP contribution in [0.2, 0.25) is 0 Å². The molecule has 17 heavy (non-hydrogen) atoms. The first-order valence-corrected chi connectivity index (χ1v) is 6.08. The van der Waals surface area contributed by atoms with Gasteiger partial charge < -0.3 is 9.47 Å². The molecule has 1 rings (SSSR count). The van der Waals surface area contributed by atoms with Crippen LogP contribution in [0.15, 0.2) is 30.3 Å². The van der Waals surface area contributed by atoms with Crippen LogP contribution in [0.5, 0.6) is 0 Å². The topological polar surface area (TPSA) is 18.5 Å². The first-order chi connectivity index (χ1) is 8.43. The maximum Gasteiger partial charge on any atom is 0.107 e. The minimum atomic E-state index is 0.543. The van der Waals surface area contributed by atoms with Gasteiger partial charge in [0.2, 0.25) is 0 Å². The summed E-state index contributed by atoms with van der Waals surface area (Å²) < 4.78 is 10.7. The zero-order valence-electron chi connectivity index (χ0n) is 10.4. The van der Waals surface area contributed by atoms with Crippen LogP contribution in [0, 0.1) is 11.8 Å². The molecule has 0 saturated carbocycles. The molecular formula is C15H20O2. The Morgan fingerprint density at radius 2 is 1.88 bits per heavy atom. The number of ether oxygens (including phenoxy) is 2. The molecule has 0 heterocycles. The summed E-state index contributed by atoms with van der Waals surface area (Å²) in [6.45, 7) is 4.70. The molecule has 0 saturated heterocycles. The first kappa shape index (κ1) is 13.8. The molecule has 2 heteroatoms. The molecule has 92 valence electrons.